The molecule has 3 aromatic rings. The van der Waals surface area contributed by atoms with Gasteiger partial charge in [-0.15, -0.1) is 0 Å². The van der Waals surface area contributed by atoms with Gasteiger partial charge in [0.1, 0.15) is 17.5 Å². The van der Waals surface area contributed by atoms with Crippen molar-refractivity contribution in [1.29, 1.82) is 0 Å². The van der Waals surface area contributed by atoms with E-state index in [2.05, 4.69) is 10.3 Å². The van der Waals surface area contributed by atoms with Crippen LogP contribution >= 0.6 is 0 Å². The van der Waals surface area contributed by atoms with Gasteiger partial charge >= 0.3 is 5.69 Å². The Hall–Kier alpha value is -3.56. The van der Waals surface area contributed by atoms with E-state index >= 15 is 0 Å². The van der Waals surface area contributed by atoms with Crippen LogP contribution in [-0.2, 0) is 18.9 Å². The number of fused-ring (bicyclic) bond motifs is 1. The fraction of sp³-hybridized carbons (Fsp3) is 0.333. The molecular weight excluding hydrogens is 366 g/mol. The van der Waals surface area contributed by atoms with E-state index in [-0.39, 0.29) is 17.1 Å². The fourth-order valence-electron chi connectivity index (χ4n) is 2.93. The first kappa shape index (κ1) is 19.2. The Morgan fingerprint density at radius 1 is 1.14 bits per heavy atom. The molecule has 0 saturated heterocycles. The first-order chi connectivity index (χ1) is 13.3. The summed E-state index contributed by atoms with van der Waals surface area (Å²) < 4.78 is 14.1. The third-order valence-corrected chi connectivity index (χ3v) is 4.63. The first-order valence-corrected chi connectivity index (χ1v) is 8.45. The number of methoxy groups -OCH3 is 2. The maximum absolute atomic E-state index is 12.8. The zero-order chi connectivity index (χ0) is 20.6. The van der Waals surface area contributed by atoms with Crippen LogP contribution in [0.5, 0.6) is 11.5 Å². The van der Waals surface area contributed by atoms with Crippen LogP contribution in [0.25, 0.3) is 11.2 Å². The number of carbonyl (C=O) groups is 1. The van der Waals surface area contributed by atoms with Gasteiger partial charge in [-0.05, 0) is 19.1 Å². The van der Waals surface area contributed by atoms with Crippen molar-refractivity contribution in [1.82, 2.24) is 18.7 Å². The summed E-state index contributed by atoms with van der Waals surface area (Å²) in [6.07, 6.45) is 1.37. The highest BCUT2D eigenvalue weighted by Gasteiger charge is 2.22. The Kier molecular flexibility index (Phi) is 4.95. The van der Waals surface area contributed by atoms with Crippen molar-refractivity contribution >= 4 is 22.8 Å². The lowest BCUT2D eigenvalue weighted by atomic mass is 10.2. The summed E-state index contributed by atoms with van der Waals surface area (Å²) in [4.78, 5) is 41.6. The molecule has 0 aliphatic heterocycles. The molecule has 0 bridgehead atoms. The summed E-state index contributed by atoms with van der Waals surface area (Å²) in [7, 11) is 5.92. The first-order valence-electron chi connectivity index (χ1n) is 8.45. The van der Waals surface area contributed by atoms with Gasteiger partial charge in [0.25, 0.3) is 5.56 Å². The van der Waals surface area contributed by atoms with Crippen LogP contribution in [0, 0.1) is 0 Å². The van der Waals surface area contributed by atoms with Gasteiger partial charge in [0.2, 0.25) is 5.91 Å². The number of hydrogen-bond acceptors (Lipinski definition) is 6. The molecule has 1 aromatic carbocycles. The molecular formula is C18H21N5O5. The Morgan fingerprint density at radius 2 is 1.86 bits per heavy atom. The van der Waals surface area contributed by atoms with E-state index in [4.69, 9.17) is 9.47 Å². The lowest BCUT2D eigenvalue weighted by Gasteiger charge is -2.17. The van der Waals surface area contributed by atoms with Crippen molar-refractivity contribution < 1.29 is 14.3 Å². The van der Waals surface area contributed by atoms with Crippen molar-refractivity contribution in [3.05, 3.63) is 45.4 Å². The zero-order valence-electron chi connectivity index (χ0n) is 16.2. The van der Waals surface area contributed by atoms with Crippen molar-refractivity contribution in [2.24, 2.45) is 14.1 Å². The SMILES string of the molecule is COc1ccc(OC)c(NC(=O)C(C)n2cnc3c2c(=O)n(C)c(=O)n3C)c1. The molecule has 28 heavy (non-hydrogen) atoms. The highest BCUT2D eigenvalue weighted by molar-refractivity contribution is 5.95. The Labute approximate surface area is 159 Å². The maximum atomic E-state index is 12.8. The number of anilines is 1. The molecule has 10 heteroatoms. The number of aromatic nitrogens is 4. The standard InChI is InChI=1S/C18H21N5O5/c1-10(16(24)20-12-8-11(27-4)6-7-13(12)28-5)23-9-19-15-14(23)17(25)22(3)18(26)21(15)2/h6-10H,1-5H3,(H,20,24). The molecule has 1 N–H and O–H groups in total. The maximum Gasteiger partial charge on any atom is 0.332 e. The Morgan fingerprint density at radius 3 is 2.50 bits per heavy atom. The highest BCUT2D eigenvalue weighted by atomic mass is 16.5. The molecule has 0 aliphatic carbocycles. The second-order valence-corrected chi connectivity index (χ2v) is 6.26. The van der Waals surface area contributed by atoms with Gasteiger partial charge in [-0.1, -0.05) is 0 Å². The van der Waals surface area contributed by atoms with Gasteiger partial charge in [0, 0.05) is 20.2 Å². The summed E-state index contributed by atoms with van der Waals surface area (Å²) >= 11 is 0. The molecule has 0 fully saturated rings. The van der Waals surface area contributed by atoms with E-state index < -0.39 is 17.3 Å². The van der Waals surface area contributed by atoms with Gasteiger partial charge in [-0.3, -0.25) is 18.7 Å². The zero-order valence-corrected chi connectivity index (χ0v) is 16.2. The number of aryl methyl sites for hydroxylation is 1. The molecule has 1 unspecified atom stereocenters. The molecule has 2 heterocycles. The summed E-state index contributed by atoms with van der Waals surface area (Å²) in [5.41, 5.74) is -0.185. The minimum Gasteiger partial charge on any atom is -0.497 e. The van der Waals surface area contributed by atoms with Crippen LogP contribution in [0.3, 0.4) is 0 Å². The molecule has 2 aromatic heterocycles. The lowest BCUT2D eigenvalue weighted by Crippen LogP contribution is -2.38. The number of carbonyl (C=O) groups excluding carboxylic acids is 1. The molecule has 0 aliphatic rings. The van der Waals surface area contributed by atoms with Crippen molar-refractivity contribution in [2.45, 2.75) is 13.0 Å². The summed E-state index contributed by atoms with van der Waals surface area (Å²) in [5.74, 6) is 0.637. The third-order valence-electron chi connectivity index (χ3n) is 4.63. The van der Waals surface area contributed by atoms with Crippen LogP contribution in [-0.4, -0.2) is 38.8 Å². The minimum atomic E-state index is -0.772. The number of hydrogen-bond donors (Lipinski definition) is 1. The molecule has 0 saturated carbocycles. The van der Waals surface area contributed by atoms with E-state index in [1.54, 1.807) is 25.1 Å². The van der Waals surface area contributed by atoms with Crippen molar-refractivity contribution in [2.75, 3.05) is 19.5 Å². The second kappa shape index (κ2) is 7.22. The molecule has 1 amide bonds. The average Bonchev–Trinajstić information content (AvgIpc) is 3.15. The largest absolute Gasteiger partial charge is 0.497 e. The van der Waals surface area contributed by atoms with E-state index in [1.165, 1.54) is 43.8 Å². The number of nitrogens with zero attached hydrogens (tertiary/aromatic N) is 4. The summed E-state index contributed by atoms with van der Waals surface area (Å²) in [5, 5.41) is 2.78. The molecule has 3 rings (SSSR count). The molecule has 0 spiro atoms. The van der Waals surface area contributed by atoms with Crippen molar-refractivity contribution in [3.8, 4) is 11.5 Å². The van der Waals surface area contributed by atoms with E-state index in [0.717, 1.165) is 4.57 Å². The van der Waals surface area contributed by atoms with E-state index in [9.17, 15) is 14.4 Å². The monoisotopic (exact) mass is 387 g/mol. The highest BCUT2D eigenvalue weighted by Crippen LogP contribution is 2.29. The summed E-state index contributed by atoms with van der Waals surface area (Å²) in [6.45, 7) is 1.63. The molecule has 1 atom stereocenters. The number of nitrogens with one attached hydrogen (secondary N) is 1. The number of amides is 1. The van der Waals surface area contributed by atoms with Gasteiger partial charge in [-0.2, -0.15) is 0 Å². The van der Waals surface area contributed by atoms with Gasteiger partial charge in [-0.25, -0.2) is 9.78 Å². The van der Waals surface area contributed by atoms with Gasteiger partial charge < -0.3 is 19.4 Å². The van der Waals surface area contributed by atoms with Crippen LogP contribution in [0.4, 0.5) is 5.69 Å². The smallest absolute Gasteiger partial charge is 0.332 e. The topological polar surface area (TPSA) is 109 Å². The quantitative estimate of drug-likeness (QED) is 0.688. The Balaban J connectivity index is 2.02. The predicted molar refractivity (Wildman–Crippen MR) is 103 cm³/mol. The number of benzene rings is 1. The number of imidazole rings is 1. The molecule has 0 radical (unpaired) electrons. The van der Waals surface area contributed by atoms with Crippen molar-refractivity contribution in [3.63, 3.8) is 0 Å². The van der Waals surface area contributed by atoms with Crippen LogP contribution < -0.4 is 26.0 Å². The van der Waals surface area contributed by atoms with E-state index in [1.807, 2.05) is 0 Å². The normalized spacial score (nSPS) is 12.0. The van der Waals surface area contributed by atoms with Crippen LogP contribution in [0.1, 0.15) is 13.0 Å². The summed E-state index contributed by atoms with van der Waals surface area (Å²) in [6, 6.07) is 4.26. The molecule has 10 nitrogen and oxygen atoms in total. The van der Waals surface area contributed by atoms with Crippen LogP contribution in [0.15, 0.2) is 34.1 Å². The van der Waals surface area contributed by atoms with Gasteiger partial charge in [0.15, 0.2) is 11.2 Å². The lowest BCUT2D eigenvalue weighted by molar-refractivity contribution is -0.118. The third kappa shape index (κ3) is 3.02. The Bertz CT molecular complexity index is 1170. The number of rotatable bonds is 5. The van der Waals surface area contributed by atoms with Crippen LogP contribution in [0.2, 0.25) is 0 Å². The second-order valence-electron chi connectivity index (χ2n) is 6.26. The minimum absolute atomic E-state index is 0.171. The predicted octanol–water partition coefficient (Wildman–Crippen LogP) is 0.651. The van der Waals surface area contributed by atoms with E-state index in [0.29, 0.717) is 17.2 Å². The molecule has 148 valence electrons. The van der Waals surface area contributed by atoms with Gasteiger partial charge in [0.05, 0.1) is 26.2 Å². The fourth-order valence-corrected chi connectivity index (χ4v) is 2.93. The number of ether oxygens (including phenoxy) is 2. The average molecular weight is 387 g/mol.